The van der Waals surface area contributed by atoms with E-state index in [4.69, 9.17) is 5.48 Å². The molecule has 0 aliphatic carbocycles. The second kappa shape index (κ2) is 10.4. The fraction of sp³-hybridized carbons (Fsp3) is 0.800. The zero-order chi connectivity index (χ0) is 15.8. The molecule has 0 aliphatic heterocycles. The highest BCUT2D eigenvalue weighted by atomic mass is 16.2. The summed E-state index contributed by atoms with van der Waals surface area (Å²) in [5, 5.41) is 9.75. The molecule has 0 saturated heterocycles. The Morgan fingerprint density at radius 3 is 1.56 bits per heavy atom. The van der Waals surface area contributed by atoms with Gasteiger partial charge in [-0.05, 0) is 0 Å². The van der Waals surface area contributed by atoms with E-state index in [2.05, 4.69) is 21.3 Å². The second-order valence-electron chi connectivity index (χ2n) is 3.07. The van der Waals surface area contributed by atoms with Crippen molar-refractivity contribution in [2.24, 2.45) is 0 Å². The Kier molecular flexibility index (Phi) is 5.81. The molecule has 0 unspecified atom stereocenters. The minimum atomic E-state index is -2.32. The standard InChI is InChI=1S/C10H22N4O2/c1-9(15)13-7-5-11-3-4-12-6-8-14-10(2)16/h11-12H,3-8H2,1-2H3,(H,13,15)(H,14,16)/i3D2,4D2. The first-order valence-corrected chi connectivity index (χ1v) is 5.07. The number of carbonyl (C=O) groups is 2. The summed E-state index contributed by atoms with van der Waals surface area (Å²) in [5.41, 5.74) is 0. The van der Waals surface area contributed by atoms with Gasteiger partial charge in [-0.1, -0.05) is 0 Å². The van der Waals surface area contributed by atoms with Crippen LogP contribution in [0, 0.1) is 0 Å². The SMILES string of the molecule is [2H]C([2H])(NCCNC(C)=O)C([2H])([2H])NCCNC(C)=O. The topological polar surface area (TPSA) is 82.3 Å². The molecular weight excluding hydrogens is 208 g/mol. The highest BCUT2D eigenvalue weighted by Gasteiger charge is 1.91. The summed E-state index contributed by atoms with van der Waals surface area (Å²) in [7, 11) is 0. The summed E-state index contributed by atoms with van der Waals surface area (Å²) >= 11 is 0. The van der Waals surface area contributed by atoms with E-state index in [1.54, 1.807) is 0 Å². The van der Waals surface area contributed by atoms with Gasteiger partial charge in [-0.15, -0.1) is 0 Å². The van der Waals surface area contributed by atoms with Gasteiger partial charge >= 0.3 is 0 Å². The fourth-order valence-corrected chi connectivity index (χ4v) is 0.815. The van der Waals surface area contributed by atoms with Crippen molar-refractivity contribution in [2.45, 2.75) is 13.8 Å². The molecule has 0 spiro atoms. The van der Waals surface area contributed by atoms with E-state index in [1.807, 2.05) is 0 Å². The van der Waals surface area contributed by atoms with Crippen LogP contribution in [0.15, 0.2) is 0 Å². The molecule has 0 rings (SSSR count). The third-order valence-electron chi connectivity index (χ3n) is 1.49. The average molecular weight is 234 g/mol. The van der Waals surface area contributed by atoms with Crippen LogP contribution in [0.4, 0.5) is 0 Å². The molecule has 0 fully saturated rings. The van der Waals surface area contributed by atoms with Gasteiger partial charge in [0, 0.05) is 58.5 Å². The highest BCUT2D eigenvalue weighted by molar-refractivity contribution is 5.73. The van der Waals surface area contributed by atoms with Crippen LogP contribution >= 0.6 is 0 Å². The number of amides is 2. The lowest BCUT2D eigenvalue weighted by molar-refractivity contribution is -0.119. The normalized spacial score (nSPS) is 15.4. The quantitative estimate of drug-likeness (QED) is 0.364. The molecule has 16 heavy (non-hydrogen) atoms. The van der Waals surface area contributed by atoms with Crippen LogP contribution in [-0.4, -0.2) is 51.0 Å². The molecule has 94 valence electrons. The predicted molar refractivity (Wildman–Crippen MR) is 63.1 cm³/mol. The molecule has 2 amide bonds. The van der Waals surface area contributed by atoms with Crippen LogP contribution in [0.25, 0.3) is 0 Å². The third-order valence-corrected chi connectivity index (χ3v) is 1.49. The average Bonchev–Trinajstić information content (AvgIpc) is 2.29. The summed E-state index contributed by atoms with van der Waals surface area (Å²) in [6.45, 7) is -1.34. The Bertz CT molecular complexity index is 307. The van der Waals surface area contributed by atoms with Crippen LogP contribution in [0.5, 0.6) is 0 Å². The molecule has 6 heteroatoms. The molecule has 0 aromatic carbocycles. The predicted octanol–water partition coefficient (Wildman–Crippen LogP) is -1.56. The zero-order valence-corrected chi connectivity index (χ0v) is 9.64. The van der Waals surface area contributed by atoms with Crippen LogP contribution < -0.4 is 21.3 Å². The maximum absolute atomic E-state index is 10.6. The first-order chi connectivity index (χ1) is 9.08. The number of rotatable bonds is 9. The smallest absolute Gasteiger partial charge is 0.216 e. The molecule has 0 saturated carbocycles. The second-order valence-corrected chi connectivity index (χ2v) is 3.07. The Morgan fingerprint density at radius 2 is 1.25 bits per heavy atom. The summed E-state index contributed by atoms with van der Waals surface area (Å²) in [5.74, 6) is -0.465. The molecule has 0 aromatic heterocycles. The van der Waals surface area contributed by atoms with E-state index in [1.165, 1.54) is 13.8 Å². The van der Waals surface area contributed by atoms with Gasteiger partial charge in [0.05, 0.1) is 0 Å². The van der Waals surface area contributed by atoms with Crippen molar-refractivity contribution >= 4 is 11.8 Å². The lowest BCUT2D eigenvalue weighted by Gasteiger charge is -2.07. The van der Waals surface area contributed by atoms with E-state index in [0.717, 1.165) is 0 Å². The van der Waals surface area contributed by atoms with Crippen molar-refractivity contribution in [1.29, 1.82) is 0 Å². The lowest BCUT2D eigenvalue weighted by atomic mass is 10.5. The molecule has 0 aliphatic rings. The molecule has 0 radical (unpaired) electrons. The zero-order valence-electron chi connectivity index (χ0n) is 13.6. The molecule has 6 nitrogen and oxygen atoms in total. The van der Waals surface area contributed by atoms with Crippen molar-refractivity contribution in [3.05, 3.63) is 0 Å². The van der Waals surface area contributed by atoms with Gasteiger partial charge in [-0.2, -0.15) is 0 Å². The summed E-state index contributed by atoms with van der Waals surface area (Å²) in [6, 6.07) is 0. The molecule has 4 N–H and O–H groups in total. The summed E-state index contributed by atoms with van der Waals surface area (Å²) < 4.78 is 30.6. The van der Waals surface area contributed by atoms with Crippen LogP contribution in [0.3, 0.4) is 0 Å². The minimum Gasteiger partial charge on any atom is -0.355 e. The fourth-order valence-electron chi connectivity index (χ4n) is 0.815. The van der Waals surface area contributed by atoms with Gasteiger partial charge in [0.2, 0.25) is 11.8 Å². The highest BCUT2D eigenvalue weighted by Crippen LogP contribution is 1.64. The number of hydrogen-bond acceptors (Lipinski definition) is 4. The van der Waals surface area contributed by atoms with Gasteiger partial charge in [-0.3, -0.25) is 9.59 Å². The molecule has 0 heterocycles. The Labute approximate surface area is 102 Å². The number of nitrogens with one attached hydrogen (secondary N) is 4. The van der Waals surface area contributed by atoms with Gasteiger partial charge in [0.25, 0.3) is 0 Å². The first-order valence-electron chi connectivity index (χ1n) is 7.07. The Balaban J connectivity index is 4.12. The lowest BCUT2D eigenvalue weighted by Crippen LogP contribution is -2.36. The van der Waals surface area contributed by atoms with Crippen molar-refractivity contribution in [2.75, 3.05) is 39.2 Å². The molecular formula is C10H22N4O2. The monoisotopic (exact) mass is 234 g/mol. The summed E-state index contributed by atoms with van der Waals surface area (Å²) in [4.78, 5) is 21.3. The van der Waals surface area contributed by atoms with E-state index >= 15 is 0 Å². The van der Waals surface area contributed by atoms with Gasteiger partial charge in [-0.25, -0.2) is 0 Å². The van der Waals surface area contributed by atoms with E-state index in [9.17, 15) is 9.59 Å². The van der Waals surface area contributed by atoms with Gasteiger partial charge in [0.15, 0.2) is 0 Å². The van der Waals surface area contributed by atoms with Crippen molar-refractivity contribution in [3.63, 3.8) is 0 Å². The molecule has 0 atom stereocenters. The van der Waals surface area contributed by atoms with Crippen LogP contribution in [0.1, 0.15) is 19.3 Å². The van der Waals surface area contributed by atoms with Gasteiger partial charge in [0.1, 0.15) is 0 Å². The number of hydrogen-bond donors (Lipinski definition) is 4. The Morgan fingerprint density at radius 1 is 0.875 bits per heavy atom. The first kappa shape index (κ1) is 8.95. The third kappa shape index (κ3) is 12.9. The van der Waals surface area contributed by atoms with Gasteiger partial charge < -0.3 is 21.3 Å². The van der Waals surface area contributed by atoms with E-state index < -0.39 is 13.0 Å². The molecule has 0 aromatic rings. The maximum Gasteiger partial charge on any atom is 0.216 e. The summed E-state index contributed by atoms with van der Waals surface area (Å²) in [6.07, 6.45) is 0. The van der Waals surface area contributed by atoms with Crippen LogP contribution in [-0.2, 0) is 9.59 Å². The maximum atomic E-state index is 10.6. The largest absolute Gasteiger partial charge is 0.355 e. The van der Waals surface area contributed by atoms with Crippen molar-refractivity contribution in [3.8, 4) is 0 Å². The van der Waals surface area contributed by atoms with Crippen molar-refractivity contribution in [1.82, 2.24) is 21.3 Å². The van der Waals surface area contributed by atoms with Crippen molar-refractivity contribution < 1.29 is 15.1 Å². The number of carbonyl (C=O) groups excluding carboxylic acids is 2. The Hall–Kier alpha value is -1.14. The van der Waals surface area contributed by atoms with E-state index in [0.29, 0.717) is 0 Å². The van der Waals surface area contributed by atoms with E-state index in [-0.39, 0.29) is 38.0 Å². The van der Waals surface area contributed by atoms with Crippen LogP contribution in [0.2, 0.25) is 0 Å². The molecule has 0 bridgehead atoms. The minimum absolute atomic E-state index is 0.0967.